The number of piperazine rings is 1. The summed E-state index contributed by atoms with van der Waals surface area (Å²) in [6.07, 6.45) is 1.98. The zero-order valence-corrected chi connectivity index (χ0v) is 14.4. The molecule has 2 rings (SSSR count). The summed E-state index contributed by atoms with van der Waals surface area (Å²) in [5.74, 6) is 0. The summed E-state index contributed by atoms with van der Waals surface area (Å²) in [4.78, 5) is 4.93. The van der Waals surface area contributed by atoms with E-state index < -0.39 is 0 Å². The molecule has 1 saturated heterocycles. The minimum Gasteiger partial charge on any atom is -0.366 e. The lowest BCUT2D eigenvalue weighted by molar-refractivity contribution is 0.275. The molecular weight excluding hydrogens is 314 g/mol. The first kappa shape index (κ1) is 15.8. The highest BCUT2D eigenvalue weighted by Gasteiger charge is 2.24. The standard InChI is InChI=1S/C16H26BrN3/c1-4-15(18)9-13-5-6-14(17)10-16(13)20-8-7-19(3)11-12(20)2/h5-6,10,12,15H,4,7-9,11,18H2,1-3H3. The van der Waals surface area contributed by atoms with Crippen molar-refractivity contribution in [1.29, 1.82) is 0 Å². The molecule has 0 spiro atoms. The van der Waals surface area contributed by atoms with Gasteiger partial charge in [-0.25, -0.2) is 0 Å². The van der Waals surface area contributed by atoms with Crippen molar-refractivity contribution < 1.29 is 0 Å². The Morgan fingerprint density at radius 1 is 1.40 bits per heavy atom. The molecule has 4 heteroatoms. The third-order valence-corrected chi connectivity index (χ3v) is 4.69. The Morgan fingerprint density at radius 2 is 2.15 bits per heavy atom. The quantitative estimate of drug-likeness (QED) is 0.915. The van der Waals surface area contributed by atoms with Crippen molar-refractivity contribution in [2.24, 2.45) is 5.73 Å². The van der Waals surface area contributed by atoms with Gasteiger partial charge in [-0.15, -0.1) is 0 Å². The van der Waals surface area contributed by atoms with Crippen molar-refractivity contribution in [2.75, 3.05) is 31.6 Å². The molecule has 1 aromatic carbocycles. The van der Waals surface area contributed by atoms with E-state index in [0.29, 0.717) is 6.04 Å². The number of benzene rings is 1. The first-order valence-electron chi connectivity index (χ1n) is 7.50. The Morgan fingerprint density at radius 3 is 2.80 bits per heavy atom. The van der Waals surface area contributed by atoms with Crippen LogP contribution in [0.2, 0.25) is 0 Å². The maximum atomic E-state index is 6.16. The first-order valence-corrected chi connectivity index (χ1v) is 8.29. The summed E-state index contributed by atoms with van der Waals surface area (Å²) in [6, 6.07) is 7.39. The fourth-order valence-corrected chi connectivity index (χ4v) is 3.25. The van der Waals surface area contributed by atoms with Crippen LogP contribution in [0.5, 0.6) is 0 Å². The van der Waals surface area contributed by atoms with Gasteiger partial charge in [-0.3, -0.25) is 0 Å². The molecule has 3 nitrogen and oxygen atoms in total. The number of hydrogen-bond acceptors (Lipinski definition) is 3. The van der Waals surface area contributed by atoms with Gasteiger partial charge in [0.25, 0.3) is 0 Å². The Bertz CT molecular complexity index is 449. The molecule has 1 aliphatic heterocycles. The maximum absolute atomic E-state index is 6.16. The number of anilines is 1. The van der Waals surface area contributed by atoms with Crippen LogP contribution in [-0.4, -0.2) is 43.7 Å². The van der Waals surface area contributed by atoms with Gasteiger partial charge < -0.3 is 15.5 Å². The number of nitrogens with two attached hydrogens (primary N) is 1. The van der Waals surface area contributed by atoms with Crippen molar-refractivity contribution in [2.45, 2.75) is 38.8 Å². The van der Waals surface area contributed by atoms with Crippen LogP contribution >= 0.6 is 15.9 Å². The number of halogens is 1. The number of hydrogen-bond donors (Lipinski definition) is 1. The summed E-state index contributed by atoms with van der Waals surface area (Å²) >= 11 is 3.61. The largest absolute Gasteiger partial charge is 0.366 e. The van der Waals surface area contributed by atoms with Gasteiger partial charge in [-0.2, -0.15) is 0 Å². The highest BCUT2D eigenvalue weighted by molar-refractivity contribution is 9.10. The molecule has 0 amide bonds. The molecular formula is C16H26BrN3. The van der Waals surface area contributed by atoms with Gasteiger partial charge in [0, 0.05) is 41.9 Å². The molecule has 2 unspecified atom stereocenters. The molecule has 0 saturated carbocycles. The third-order valence-electron chi connectivity index (χ3n) is 4.19. The van der Waals surface area contributed by atoms with Crippen LogP contribution in [0.1, 0.15) is 25.8 Å². The average Bonchev–Trinajstić information content (AvgIpc) is 2.41. The minimum absolute atomic E-state index is 0.248. The molecule has 20 heavy (non-hydrogen) atoms. The molecule has 112 valence electrons. The van der Waals surface area contributed by atoms with Crippen LogP contribution in [0.3, 0.4) is 0 Å². The summed E-state index contributed by atoms with van der Waals surface area (Å²) in [6.45, 7) is 7.78. The normalized spacial score (nSPS) is 22.1. The van der Waals surface area contributed by atoms with E-state index in [0.717, 1.165) is 36.9 Å². The minimum atomic E-state index is 0.248. The Hall–Kier alpha value is -0.580. The van der Waals surface area contributed by atoms with Crippen LogP contribution in [0.15, 0.2) is 22.7 Å². The van der Waals surface area contributed by atoms with Crippen LogP contribution in [0, 0.1) is 0 Å². The zero-order chi connectivity index (χ0) is 14.7. The molecule has 0 radical (unpaired) electrons. The highest BCUT2D eigenvalue weighted by atomic mass is 79.9. The average molecular weight is 340 g/mol. The fraction of sp³-hybridized carbons (Fsp3) is 0.625. The summed E-state index contributed by atoms with van der Waals surface area (Å²) in [7, 11) is 2.20. The smallest absolute Gasteiger partial charge is 0.0413 e. The molecule has 1 heterocycles. The van der Waals surface area contributed by atoms with Crippen molar-refractivity contribution in [1.82, 2.24) is 4.90 Å². The van der Waals surface area contributed by atoms with Crippen molar-refractivity contribution >= 4 is 21.6 Å². The topological polar surface area (TPSA) is 32.5 Å². The van der Waals surface area contributed by atoms with Gasteiger partial charge in [0.15, 0.2) is 0 Å². The zero-order valence-electron chi connectivity index (χ0n) is 12.8. The van der Waals surface area contributed by atoms with Crippen LogP contribution in [0.25, 0.3) is 0 Å². The second-order valence-electron chi connectivity index (χ2n) is 5.95. The van der Waals surface area contributed by atoms with Gasteiger partial charge in [-0.05, 0) is 44.5 Å². The SMILES string of the molecule is CCC(N)Cc1ccc(Br)cc1N1CCN(C)CC1C. The van der Waals surface area contributed by atoms with E-state index >= 15 is 0 Å². The number of rotatable bonds is 4. The van der Waals surface area contributed by atoms with Gasteiger partial charge in [-0.1, -0.05) is 28.9 Å². The summed E-state index contributed by atoms with van der Waals surface area (Å²) < 4.78 is 1.15. The van der Waals surface area contributed by atoms with Gasteiger partial charge in [0.1, 0.15) is 0 Å². The second kappa shape index (κ2) is 6.92. The molecule has 2 atom stereocenters. The van der Waals surface area contributed by atoms with E-state index in [-0.39, 0.29) is 6.04 Å². The highest BCUT2D eigenvalue weighted by Crippen LogP contribution is 2.29. The van der Waals surface area contributed by atoms with E-state index in [1.54, 1.807) is 0 Å². The van der Waals surface area contributed by atoms with Crippen molar-refractivity contribution in [3.63, 3.8) is 0 Å². The lowest BCUT2D eigenvalue weighted by Gasteiger charge is -2.41. The number of nitrogens with zero attached hydrogens (tertiary/aromatic N) is 2. The molecule has 0 aliphatic carbocycles. The second-order valence-corrected chi connectivity index (χ2v) is 6.87. The Balaban J connectivity index is 2.26. The molecule has 1 aromatic rings. The molecule has 1 aliphatic rings. The lowest BCUT2D eigenvalue weighted by atomic mass is 10.0. The first-order chi connectivity index (χ1) is 9.51. The van der Waals surface area contributed by atoms with Crippen molar-refractivity contribution in [3.8, 4) is 0 Å². The van der Waals surface area contributed by atoms with E-state index in [9.17, 15) is 0 Å². The van der Waals surface area contributed by atoms with E-state index in [1.807, 2.05) is 0 Å². The Kier molecular flexibility index (Phi) is 5.47. The molecule has 0 aromatic heterocycles. The van der Waals surface area contributed by atoms with Gasteiger partial charge >= 0.3 is 0 Å². The van der Waals surface area contributed by atoms with Crippen LogP contribution in [0.4, 0.5) is 5.69 Å². The van der Waals surface area contributed by atoms with E-state index in [2.05, 4.69) is 64.8 Å². The maximum Gasteiger partial charge on any atom is 0.0413 e. The van der Waals surface area contributed by atoms with E-state index in [1.165, 1.54) is 11.3 Å². The number of likely N-dealkylation sites (N-methyl/N-ethyl adjacent to an activating group) is 1. The molecule has 0 bridgehead atoms. The predicted molar refractivity (Wildman–Crippen MR) is 90.4 cm³/mol. The van der Waals surface area contributed by atoms with Crippen molar-refractivity contribution in [3.05, 3.63) is 28.2 Å². The van der Waals surface area contributed by atoms with E-state index in [4.69, 9.17) is 5.73 Å². The Labute approximate surface area is 131 Å². The predicted octanol–water partition coefficient (Wildman–Crippen LogP) is 2.87. The van der Waals surface area contributed by atoms with Gasteiger partial charge in [0.05, 0.1) is 0 Å². The molecule has 1 fully saturated rings. The third kappa shape index (κ3) is 3.74. The summed E-state index contributed by atoms with van der Waals surface area (Å²) in [5.41, 5.74) is 8.88. The van der Waals surface area contributed by atoms with Crippen LogP contribution < -0.4 is 10.6 Å². The van der Waals surface area contributed by atoms with Gasteiger partial charge in [0.2, 0.25) is 0 Å². The fourth-order valence-electron chi connectivity index (χ4n) is 2.90. The molecule has 2 N–H and O–H groups in total. The van der Waals surface area contributed by atoms with Crippen LogP contribution in [-0.2, 0) is 6.42 Å². The monoisotopic (exact) mass is 339 g/mol. The lowest BCUT2D eigenvalue weighted by Crippen LogP contribution is -2.50. The summed E-state index contributed by atoms with van der Waals surface area (Å²) in [5, 5.41) is 0.